The van der Waals surface area contributed by atoms with Gasteiger partial charge in [0.1, 0.15) is 5.69 Å². The van der Waals surface area contributed by atoms with Gasteiger partial charge in [0.25, 0.3) is 5.56 Å². The van der Waals surface area contributed by atoms with Crippen molar-refractivity contribution in [3.8, 4) is 11.3 Å². The van der Waals surface area contributed by atoms with Gasteiger partial charge in [-0.3, -0.25) is 4.79 Å². The Morgan fingerprint density at radius 1 is 0.889 bits per heavy atom. The smallest absolute Gasteiger partial charge is 0.275 e. The monoisotopic (exact) mass is 395 g/mol. The van der Waals surface area contributed by atoms with Crippen LogP contribution in [0.1, 0.15) is 5.56 Å². The Hall–Kier alpha value is -2.82. The van der Waals surface area contributed by atoms with E-state index in [1.54, 1.807) is 18.2 Å². The van der Waals surface area contributed by atoms with Crippen LogP contribution in [0.5, 0.6) is 0 Å². The fraction of sp³-hybridized carbons (Fsp3) is 0.0476. The lowest BCUT2D eigenvalue weighted by molar-refractivity contribution is 1.14. The molecule has 0 fully saturated rings. The number of hydrogen-bond donors (Lipinski definition) is 2. The molecule has 0 aliphatic rings. The van der Waals surface area contributed by atoms with Crippen LogP contribution in [-0.4, -0.2) is 9.97 Å². The summed E-state index contributed by atoms with van der Waals surface area (Å²) in [5, 5.41) is 4.51. The maximum atomic E-state index is 12.6. The van der Waals surface area contributed by atoms with Crippen molar-refractivity contribution >= 4 is 39.9 Å². The van der Waals surface area contributed by atoms with Crippen molar-refractivity contribution in [2.24, 2.45) is 0 Å². The topological polar surface area (TPSA) is 57.8 Å². The number of anilines is 1. The number of rotatable bonds is 4. The van der Waals surface area contributed by atoms with Gasteiger partial charge in [0.2, 0.25) is 0 Å². The molecule has 0 unspecified atom stereocenters. The molecule has 27 heavy (non-hydrogen) atoms. The average molecular weight is 396 g/mol. The van der Waals surface area contributed by atoms with Gasteiger partial charge in [-0.15, -0.1) is 0 Å². The summed E-state index contributed by atoms with van der Waals surface area (Å²) in [5.74, 6) is 0. The molecule has 2 N–H and O–H groups in total. The van der Waals surface area contributed by atoms with E-state index in [4.69, 9.17) is 23.2 Å². The number of para-hydroxylation sites is 3. The van der Waals surface area contributed by atoms with Crippen LogP contribution in [-0.2, 0) is 6.54 Å². The molecule has 134 valence electrons. The number of hydrogen-bond acceptors (Lipinski definition) is 3. The Kier molecular flexibility index (Phi) is 4.84. The fourth-order valence-electron chi connectivity index (χ4n) is 2.94. The van der Waals surface area contributed by atoms with E-state index in [1.165, 1.54) is 0 Å². The lowest BCUT2D eigenvalue weighted by atomic mass is 10.1. The number of nitrogens with one attached hydrogen (secondary N) is 2. The zero-order chi connectivity index (χ0) is 18.8. The van der Waals surface area contributed by atoms with Gasteiger partial charge in [-0.05, 0) is 30.3 Å². The van der Waals surface area contributed by atoms with Gasteiger partial charge in [-0.2, -0.15) is 0 Å². The van der Waals surface area contributed by atoms with Crippen molar-refractivity contribution in [1.82, 2.24) is 9.97 Å². The molecule has 3 aromatic carbocycles. The largest absolute Gasteiger partial charge is 0.380 e. The maximum Gasteiger partial charge on any atom is 0.275 e. The van der Waals surface area contributed by atoms with Gasteiger partial charge in [-0.25, -0.2) is 4.98 Å². The first-order valence-electron chi connectivity index (χ1n) is 8.39. The molecule has 1 aromatic heterocycles. The van der Waals surface area contributed by atoms with Crippen LogP contribution in [0.3, 0.4) is 0 Å². The van der Waals surface area contributed by atoms with Crippen LogP contribution in [0.25, 0.3) is 22.3 Å². The second-order valence-electron chi connectivity index (χ2n) is 6.03. The summed E-state index contributed by atoms with van der Waals surface area (Å²) in [7, 11) is 0. The van der Waals surface area contributed by atoms with Crippen molar-refractivity contribution in [2.45, 2.75) is 6.54 Å². The van der Waals surface area contributed by atoms with E-state index >= 15 is 0 Å². The Morgan fingerprint density at radius 2 is 1.59 bits per heavy atom. The highest BCUT2D eigenvalue weighted by atomic mass is 35.5. The van der Waals surface area contributed by atoms with Gasteiger partial charge in [0.15, 0.2) is 0 Å². The van der Waals surface area contributed by atoms with Gasteiger partial charge >= 0.3 is 0 Å². The minimum absolute atomic E-state index is 0.237. The lowest BCUT2D eigenvalue weighted by Crippen LogP contribution is -2.13. The molecular formula is C21H15Cl2N3O. The van der Waals surface area contributed by atoms with Crippen molar-refractivity contribution in [3.63, 3.8) is 0 Å². The molecule has 0 spiro atoms. The molecule has 0 aliphatic carbocycles. The van der Waals surface area contributed by atoms with E-state index in [-0.39, 0.29) is 5.56 Å². The second kappa shape index (κ2) is 7.43. The third kappa shape index (κ3) is 3.54. The first-order chi connectivity index (χ1) is 13.1. The number of halogens is 2. The minimum atomic E-state index is -0.237. The number of aromatic amines is 1. The Balaban J connectivity index is 1.74. The second-order valence-corrected chi connectivity index (χ2v) is 6.85. The van der Waals surface area contributed by atoms with E-state index in [1.807, 2.05) is 48.5 Å². The van der Waals surface area contributed by atoms with Crippen molar-refractivity contribution < 1.29 is 0 Å². The third-order valence-electron chi connectivity index (χ3n) is 4.30. The molecule has 0 saturated heterocycles. The molecule has 0 saturated carbocycles. The molecule has 1 heterocycles. The van der Waals surface area contributed by atoms with Crippen molar-refractivity contribution in [2.75, 3.05) is 5.32 Å². The van der Waals surface area contributed by atoms with E-state index in [0.717, 1.165) is 16.8 Å². The molecule has 0 bridgehead atoms. The zero-order valence-electron chi connectivity index (χ0n) is 14.2. The van der Waals surface area contributed by atoms with Crippen LogP contribution in [0.2, 0.25) is 10.0 Å². The predicted octanol–water partition coefficient (Wildman–Crippen LogP) is 5.51. The molecule has 0 atom stereocenters. The molecular weight excluding hydrogens is 381 g/mol. The average Bonchev–Trinajstić information content (AvgIpc) is 2.67. The number of nitrogens with zero attached hydrogens (tertiary/aromatic N) is 1. The minimum Gasteiger partial charge on any atom is -0.380 e. The van der Waals surface area contributed by atoms with Crippen LogP contribution in [0, 0.1) is 0 Å². The zero-order valence-corrected chi connectivity index (χ0v) is 15.7. The summed E-state index contributed by atoms with van der Waals surface area (Å²) < 4.78 is 0. The number of H-pyrrole nitrogens is 1. The summed E-state index contributed by atoms with van der Waals surface area (Å²) in [6, 6.07) is 20.4. The fourth-order valence-corrected chi connectivity index (χ4v) is 3.47. The van der Waals surface area contributed by atoms with Crippen LogP contribution < -0.4 is 10.9 Å². The Labute approximate surface area is 165 Å². The van der Waals surface area contributed by atoms with E-state index < -0.39 is 0 Å². The first-order valence-corrected chi connectivity index (χ1v) is 9.14. The summed E-state index contributed by atoms with van der Waals surface area (Å²) in [6.07, 6.45) is 0. The normalized spacial score (nSPS) is 10.9. The SMILES string of the molecule is O=c1[nH]c2ccccc2nc1-c1ccccc1NCc1c(Cl)cccc1Cl. The highest BCUT2D eigenvalue weighted by Crippen LogP contribution is 2.28. The standard InChI is InChI=1S/C21H15Cl2N3O/c22-15-7-5-8-16(23)14(15)12-24-17-9-2-1-6-13(17)20-21(27)26-19-11-4-3-10-18(19)25-20/h1-11,24H,12H2,(H,26,27). The molecule has 4 aromatic rings. The molecule has 0 aliphatic heterocycles. The van der Waals surface area contributed by atoms with E-state index in [2.05, 4.69) is 15.3 Å². The number of aromatic nitrogens is 2. The molecule has 0 amide bonds. The summed E-state index contributed by atoms with van der Waals surface area (Å²) in [4.78, 5) is 20.0. The van der Waals surface area contributed by atoms with E-state index in [0.29, 0.717) is 33.4 Å². The van der Waals surface area contributed by atoms with Crippen LogP contribution in [0.15, 0.2) is 71.5 Å². The number of benzene rings is 3. The Morgan fingerprint density at radius 3 is 2.41 bits per heavy atom. The number of fused-ring (bicyclic) bond motifs is 1. The summed E-state index contributed by atoms with van der Waals surface area (Å²) in [5.41, 5.74) is 3.86. The Bertz CT molecular complexity index is 1170. The van der Waals surface area contributed by atoms with Gasteiger partial charge < -0.3 is 10.3 Å². The molecule has 4 nitrogen and oxygen atoms in total. The van der Waals surface area contributed by atoms with Crippen molar-refractivity contribution in [1.29, 1.82) is 0 Å². The van der Waals surface area contributed by atoms with Gasteiger partial charge in [0.05, 0.1) is 11.0 Å². The molecule has 6 heteroatoms. The van der Waals surface area contributed by atoms with Gasteiger partial charge in [0, 0.05) is 33.4 Å². The highest BCUT2D eigenvalue weighted by Gasteiger charge is 2.12. The predicted molar refractivity (Wildman–Crippen MR) is 112 cm³/mol. The van der Waals surface area contributed by atoms with E-state index in [9.17, 15) is 4.79 Å². The molecule has 4 rings (SSSR count). The first kappa shape index (κ1) is 17.6. The van der Waals surface area contributed by atoms with Crippen molar-refractivity contribution in [3.05, 3.63) is 92.7 Å². The molecule has 0 radical (unpaired) electrons. The van der Waals surface area contributed by atoms with Crippen LogP contribution >= 0.6 is 23.2 Å². The van der Waals surface area contributed by atoms with Gasteiger partial charge in [-0.1, -0.05) is 59.6 Å². The highest BCUT2D eigenvalue weighted by molar-refractivity contribution is 6.36. The quantitative estimate of drug-likeness (QED) is 0.478. The maximum absolute atomic E-state index is 12.6. The summed E-state index contributed by atoms with van der Waals surface area (Å²) >= 11 is 12.5. The summed E-state index contributed by atoms with van der Waals surface area (Å²) in [6.45, 7) is 0.432. The van der Waals surface area contributed by atoms with Crippen LogP contribution in [0.4, 0.5) is 5.69 Å². The lowest BCUT2D eigenvalue weighted by Gasteiger charge is -2.13. The third-order valence-corrected chi connectivity index (χ3v) is 5.01.